The number of hydrogen-bond acceptors (Lipinski definition) is 4. The number of thiophene rings is 1. The number of amides is 2. The first-order valence-electron chi connectivity index (χ1n) is 10.9. The van der Waals surface area contributed by atoms with E-state index in [9.17, 15) is 9.59 Å². The first-order chi connectivity index (χ1) is 15.0. The zero-order valence-corrected chi connectivity index (χ0v) is 19.5. The van der Waals surface area contributed by atoms with Crippen molar-refractivity contribution in [2.45, 2.75) is 62.0 Å². The fraction of sp³-hybridized carbons (Fsp3) is 0.417. The summed E-state index contributed by atoms with van der Waals surface area (Å²) in [7, 11) is 0. The van der Waals surface area contributed by atoms with Gasteiger partial charge in [-0.2, -0.15) is 0 Å². The predicted octanol–water partition coefficient (Wildman–Crippen LogP) is 5.29. The van der Waals surface area contributed by atoms with Gasteiger partial charge in [-0.15, -0.1) is 23.1 Å². The molecule has 5 rings (SSSR count). The van der Waals surface area contributed by atoms with Crippen LogP contribution in [0.15, 0.2) is 46.7 Å². The summed E-state index contributed by atoms with van der Waals surface area (Å²) in [5, 5.41) is 6.39. The number of aromatic nitrogens is 1. The molecule has 2 aromatic heterocycles. The minimum absolute atomic E-state index is 0.0636. The van der Waals surface area contributed by atoms with Crippen LogP contribution in [-0.4, -0.2) is 34.2 Å². The molecule has 0 unspecified atom stereocenters. The van der Waals surface area contributed by atoms with Crippen molar-refractivity contribution < 1.29 is 9.59 Å². The van der Waals surface area contributed by atoms with Crippen LogP contribution in [-0.2, 0) is 11.3 Å². The van der Waals surface area contributed by atoms with Crippen LogP contribution < -0.4 is 10.2 Å². The van der Waals surface area contributed by atoms with Gasteiger partial charge in [0.05, 0.1) is 6.54 Å². The molecule has 0 bridgehead atoms. The molecule has 2 aliphatic rings. The van der Waals surface area contributed by atoms with Gasteiger partial charge in [0, 0.05) is 22.0 Å². The Morgan fingerprint density at radius 3 is 2.77 bits per heavy atom. The SMILES string of the molecule is CSc1cccc(N2C(=O)c3cc4ccsc4n3C[C@@]2(C)C(=O)NC2CCCCC2)c1. The quantitative estimate of drug-likeness (QED) is 0.546. The van der Waals surface area contributed by atoms with Crippen molar-refractivity contribution in [1.82, 2.24) is 9.88 Å². The van der Waals surface area contributed by atoms with Crippen LogP contribution in [0.3, 0.4) is 0 Å². The lowest BCUT2D eigenvalue weighted by Gasteiger charge is -2.44. The number of carbonyl (C=O) groups is 2. The van der Waals surface area contributed by atoms with Gasteiger partial charge >= 0.3 is 0 Å². The molecule has 162 valence electrons. The van der Waals surface area contributed by atoms with Gasteiger partial charge < -0.3 is 9.88 Å². The third kappa shape index (κ3) is 3.48. The van der Waals surface area contributed by atoms with Crippen LogP contribution in [0.2, 0.25) is 0 Å². The van der Waals surface area contributed by atoms with E-state index < -0.39 is 5.54 Å². The van der Waals surface area contributed by atoms with Crippen molar-refractivity contribution in [3.8, 4) is 0 Å². The normalized spacial score (nSPS) is 22.0. The molecule has 1 fully saturated rings. The number of anilines is 1. The van der Waals surface area contributed by atoms with Gasteiger partial charge in [-0.25, -0.2) is 0 Å². The number of carbonyl (C=O) groups excluding carboxylic acids is 2. The fourth-order valence-electron chi connectivity index (χ4n) is 4.94. The smallest absolute Gasteiger partial charge is 0.275 e. The summed E-state index contributed by atoms with van der Waals surface area (Å²) in [6, 6.07) is 12.1. The van der Waals surface area contributed by atoms with Crippen molar-refractivity contribution in [1.29, 1.82) is 0 Å². The average molecular weight is 454 g/mol. The second-order valence-electron chi connectivity index (χ2n) is 8.72. The molecule has 0 radical (unpaired) electrons. The Labute approximate surface area is 190 Å². The summed E-state index contributed by atoms with van der Waals surface area (Å²) < 4.78 is 2.04. The van der Waals surface area contributed by atoms with Crippen LogP contribution in [0.25, 0.3) is 10.2 Å². The maximum atomic E-state index is 13.8. The molecule has 1 aliphatic heterocycles. The molecule has 1 atom stereocenters. The summed E-state index contributed by atoms with van der Waals surface area (Å²) in [6.45, 7) is 2.36. The van der Waals surface area contributed by atoms with Gasteiger partial charge in [-0.3, -0.25) is 14.5 Å². The average Bonchev–Trinajstić information content (AvgIpc) is 3.37. The van der Waals surface area contributed by atoms with Gasteiger partial charge in [0.15, 0.2) is 0 Å². The highest BCUT2D eigenvalue weighted by Crippen LogP contribution is 2.38. The molecule has 7 heteroatoms. The van der Waals surface area contributed by atoms with E-state index in [0.29, 0.717) is 12.2 Å². The molecule has 3 aromatic rings. The van der Waals surface area contributed by atoms with E-state index in [-0.39, 0.29) is 17.9 Å². The Balaban J connectivity index is 1.60. The van der Waals surface area contributed by atoms with Crippen LogP contribution in [0, 0.1) is 0 Å². The standard InChI is InChI=1S/C24H27N3O2S2/c1-24(23(29)25-17-7-4-3-5-8-17)15-26-20(13-16-11-12-31-22(16)26)21(28)27(24)18-9-6-10-19(14-18)30-2/h6,9-14,17H,3-5,7-8,15H2,1-2H3,(H,25,29)/t24-/m0/s1. The van der Waals surface area contributed by atoms with Gasteiger partial charge in [0.2, 0.25) is 5.91 Å². The maximum Gasteiger partial charge on any atom is 0.275 e. The van der Waals surface area contributed by atoms with E-state index in [2.05, 4.69) is 5.32 Å². The number of hydrogen-bond donors (Lipinski definition) is 1. The molecular weight excluding hydrogens is 426 g/mol. The van der Waals surface area contributed by atoms with Crippen molar-refractivity contribution in [2.75, 3.05) is 11.2 Å². The monoisotopic (exact) mass is 453 g/mol. The van der Waals surface area contributed by atoms with E-state index in [1.807, 2.05) is 59.5 Å². The number of nitrogens with one attached hydrogen (secondary N) is 1. The number of benzene rings is 1. The third-order valence-electron chi connectivity index (χ3n) is 6.63. The fourth-order valence-corrected chi connectivity index (χ4v) is 6.29. The summed E-state index contributed by atoms with van der Waals surface area (Å²) in [4.78, 5) is 31.4. The largest absolute Gasteiger partial charge is 0.351 e. The number of rotatable bonds is 4. The van der Waals surface area contributed by atoms with E-state index in [1.54, 1.807) is 28.0 Å². The van der Waals surface area contributed by atoms with Crippen LogP contribution in [0.4, 0.5) is 5.69 Å². The Hall–Kier alpha value is -2.25. The van der Waals surface area contributed by atoms with Crippen molar-refractivity contribution in [3.05, 3.63) is 47.5 Å². The molecule has 1 saturated carbocycles. The van der Waals surface area contributed by atoms with Gasteiger partial charge in [-0.1, -0.05) is 25.3 Å². The Morgan fingerprint density at radius 2 is 2.00 bits per heavy atom. The third-order valence-corrected chi connectivity index (χ3v) is 8.30. The van der Waals surface area contributed by atoms with Crippen molar-refractivity contribution in [2.24, 2.45) is 0 Å². The highest BCUT2D eigenvalue weighted by molar-refractivity contribution is 7.98. The highest BCUT2D eigenvalue weighted by Gasteiger charge is 2.49. The first-order valence-corrected chi connectivity index (χ1v) is 13.0. The lowest BCUT2D eigenvalue weighted by Crippen LogP contribution is -2.65. The predicted molar refractivity (Wildman–Crippen MR) is 128 cm³/mol. The number of nitrogens with zero attached hydrogens (tertiary/aromatic N) is 2. The molecule has 1 N–H and O–H groups in total. The van der Waals surface area contributed by atoms with Crippen molar-refractivity contribution in [3.63, 3.8) is 0 Å². The molecule has 0 spiro atoms. The molecular formula is C24H27N3O2S2. The molecule has 3 heterocycles. The number of thioether (sulfide) groups is 1. The molecule has 1 aromatic carbocycles. The van der Waals surface area contributed by atoms with E-state index in [4.69, 9.17) is 0 Å². The first kappa shape index (κ1) is 20.6. The summed E-state index contributed by atoms with van der Waals surface area (Å²) in [6.07, 6.45) is 7.59. The zero-order valence-electron chi connectivity index (χ0n) is 17.9. The topological polar surface area (TPSA) is 54.3 Å². The van der Waals surface area contributed by atoms with E-state index in [0.717, 1.165) is 46.5 Å². The van der Waals surface area contributed by atoms with Gasteiger partial charge in [-0.05, 0) is 61.7 Å². The minimum atomic E-state index is -1.01. The molecule has 5 nitrogen and oxygen atoms in total. The van der Waals surface area contributed by atoms with E-state index >= 15 is 0 Å². The Bertz CT molecular complexity index is 1140. The second kappa shape index (κ2) is 8.02. The van der Waals surface area contributed by atoms with Crippen LogP contribution in [0.5, 0.6) is 0 Å². The molecule has 2 amide bonds. The van der Waals surface area contributed by atoms with Crippen LogP contribution >= 0.6 is 23.1 Å². The zero-order chi connectivity index (χ0) is 21.6. The van der Waals surface area contributed by atoms with Gasteiger partial charge in [0.1, 0.15) is 16.1 Å². The minimum Gasteiger partial charge on any atom is -0.351 e. The van der Waals surface area contributed by atoms with Crippen molar-refractivity contribution >= 4 is 50.8 Å². The molecule has 31 heavy (non-hydrogen) atoms. The van der Waals surface area contributed by atoms with Gasteiger partial charge in [0.25, 0.3) is 5.91 Å². The maximum absolute atomic E-state index is 13.8. The second-order valence-corrected chi connectivity index (χ2v) is 10.5. The Kier molecular flexibility index (Phi) is 5.34. The molecule has 0 saturated heterocycles. The Morgan fingerprint density at radius 1 is 1.19 bits per heavy atom. The highest BCUT2D eigenvalue weighted by atomic mass is 32.2. The number of fused-ring (bicyclic) bond motifs is 3. The summed E-state index contributed by atoms with van der Waals surface area (Å²) >= 11 is 3.25. The lowest BCUT2D eigenvalue weighted by atomic mass is 9.91. The van der Waals surface area contributed by atoms with E-state index in [1.165, 1.54) is 6.42 Å². The lowest BCUT2D eigenvalue weighted by molar-refractivity contribution is -0.127. The van der Waals surface area contributed by atoms with Crippen LogP contribution in [0.1, 0.15) is 49.5 Å². The summed E-state index contributed by atoms with van der Waals surface area (Å²) in [5.74, 6) is -0.180. The summed E-state index contributed by atoms with van der Waals surface area (Å²) in [5.41, 5.74) is 0.419. The molecule has 1 aliphatic carbocycles.